The third-order valence-electron chi connectivity index (χ3n) is 5.27. The van der Waals surface area contributed by atoms with E-state index in [2.05, 4.69) is 17.1 Å². The quantitative estimate of drug-likeness (QED) is 0.898. The van der Waals surface area contributed by atoms with Crippen molar-refractivity contribution in [3.63, 3.8) is 0 Å². The van der Waals surface area contributed by atoms with Crippen molar-refractivity contribution < 1.29 is 19.4 Å². The van der Waals surface area contributed by atoms with Gasteiger partial charge in [-0.05, 0) is 49.6 Å². The molecule has 6 nitrogen and oxygen atoms in total. The maximum Gasteiger partial charge on any atom is 0.332 e. The Morgan fingerprint density at radius 2 is 1.92 bits per heavy atom. The second kappa shape index (κ2) is 6.52. The summed E-state index contributed by atoms with van der Waals surface area (Å²) in [6, 6.07) is 10.2. The van der Waals surface area contributed by atoms with E-state index in [9.17, 15) is 9.59 Å². The summed E-state index contributed by atoms with van der Waals surface area (Å²) in [4.78, 5) is 29.4. The smallest absolute Gasteiger partial charge is 0.332 e. The minimum atomic E-state index is -0.985. The minimum Gasteiger partial charge on any atom is -0.479 e. The van der Waals surface area contributed by atoms with Crippen LogP contribution in [0.3, 0.4) is 0 Å². The number of aromatic nitrogens is 1. The predicted octanol–water partition coefficient (Wildman–Crippen LogP) is 2.85. The summed E-state index contributed by atoms with van der Waals surface area (Å²) < 4.78 is 5.48. The lowest BCUT2D eigenvalue weighted by molar-refractivity contribution is -0.156. The number of ether oxygens (including phenoxy) is 1. The number of carboxylic acid groups (broad SMARTS) is 1. The zero-order valence-electron chi connectivity index (χ0n) is 14.0. The number of para-hydroxylation sites is 1. The molecule has 6 heteroatoms. The zero-order chi connectivity index (χ0) is 17.4. The number of H-pyrrole nitrogens is 1. The van der Waals surface area contributed by atoms with Crippen LogP contribution in [0.25, 0.3) is 10.9 Å². The van der Waals surface area contributed by atoms with Gasteiger partial charge in [0.1, 0.15) is 6.10 Å². The van der Waals surface area contributed by atoms with Gasteiger partial charge in [-0.1, -0.05) is 18.2 Å². The highest BCUT2D eigenvalue weighted by atomic mass is 16.5. The Morgan fingerprint density at radius 1 is 1.12 bits per heavy atom. The highest BCUT2D eigenvalue weighted by Crippen LogP contribution is 2.34. The van der Waals surface area contributed by atoms with E-state index in [0.29, 0.717) is 19.4 Å². The SMILES string of the molecule is O=C(O)[C@H]1CC[C@@H](C(=O)N2CCCCC2c2cc3ccccc3[nH]2)O1. The summed E-state index contributed by atoms with van der Waals surface area (Å²) >= 11 is 0. The highest BCUT2D eigenvalue weighted by Gasteiger charge is 2.39. The van der Waals surface area contributed by atoms with Crippen molar-refractivity contribution in [2.24, 2.45) is 0 Å². The molecule has 3 atom stereocenters. The van der Waals surface area contributed by atoms with Crippen LogP contribution in [0.1, 0.15) is 43.8 Å². The summed E-state index contributed by atoms with van der Waals surface area (Å²) in [6.45, 7) is 0.691. The minimum absolute atomic E-state index is 0.00104. The van der Waals surface area contributed by atoms with Crippen LogP contribution in [0.2, 0.25) is 0 Å². The summed E-state index contributed by atoms with van der Waals surface area (Å²) in [7, 11) is 0. The van der Waals surface area contributed by atoms with Crippen LogP contribution in [-0.2, 0) is 14.3 Å². The fourth-order valence-corrected chi connectivity index (χ4v) is 3.98. The van der Waals surface area contributed by atoms with E-state index in [0.717, 1.165) is 35.9 Å². The second-order valence-electron chi connectivity index (χ2n) is 6.88. The van der Waals surface area contributed by atoms with Gasteiger partial charge >= 0.3 is 5.97 Å². The Kier molecular flexibility index (Phi) is 4.21. The molecule has 2 aliphatic rings. The predicted molar refractivity (Wildman–Crippen MR) is 92.1 cm³/mol. The average molecular weight is 342 g/mol. The number of aromatic amines is 1. The molecule has 0 saturated carbocycles. The third kappa shape index (κ3) is 3.02. The summed E-state index contributed by atoms with van der Waals surface area (Å²) in [5.41, 5.74) is 2.11. The number of likely N-dealkylation sites (tertiary alicyclic amines) is 1. The molecule has 132 valence electrons. The molecule has 1 aromatic carbocycles. The van der Waals surface area contributed by atoms with E-state index in [1.807, 2.05) is 23.1 Å². The Morgan fingerprint density at radius 3 is 2.68 bits per heavy atom. The first-order valence-corrected chi connectivity index (χ1v) is 8.90. The number of piperidine rings is 1. The van der Waals surface area contributed by atoms with E-state index in [-0.39, 0.29) is 11.9 Å². The lowest BCUT2D eigenvalue weighted by Gasteiger charge is -2.36. The lowest BCUT2D eigenvalue weighted by atomic mass is 9.98. The van der Waals surface area contributed by atoms with Crippen LogP contribution < -0.4 is 0 Å². The molecular formula is C19H22N2O4. The van der Waals surface area contributed by atoms with Gasteiger partial charge in [-0.15, -0.1) is 0 Å². The number of benzene rings is 1. The molecule has 2 saturated heterocycles. The molecule has 1 aromatic heterocycles. The van der Waals surface area contributed by atoms with Gasteiger partial charge in [0.05, 0.1) is 6.04 Å². The number of amides is 1. The average Bonchev–Trinajstić information content (AvgIpc) is 3.28. The molecule has 4 rings (SSSR count). The van der Waals surface area contributed by atoms with Crippen molar-refractivity contribution in [3.8, 4) is 0 Å². The summed E-state index contributed by atoms with van der Waals surface area (Å²) in [6.07, 6.45) is 2.34. The highest BCUT2D eigenvalue weighted by molar-refractivity contribution is 5.84. The van der Waals surface area contributed by atoms with Crippen LogP contribution in [0, 0.1) is 0 Å². The maximum atomic E-state index is 13.0. The van der Waals surface area contributed by atoms with Crippen LogP contribution in [-0.4, -0.2) is 45.6 Å². The largest absolute Gasteiger partial charge is 0.479 e. The molecule has 3 heterocycles. The van der Waals surface area contributed by atoms with Crippen molar-refractivity contribution in [1.82, 2.24) is 9.88 Å². The number of carbonyl (C=O) groups excluding carboxylic acids is 1. The Bertz CT molecular complexity index is 767. The van der Waals surface area contributed by atoms with Crippen LogP contribution in [0.15, 0.2) is 30.3 Å². The molecule has 2 fully saturated rings. The van der Waals surface area contributed by atoms with Crippen molar-refractivity contribution >= 4 is 22.8 Å². The molecular weight excluding hydrogens is 320 g/mol. The van der Waals surface area contributed by atoms with Gasteiger partial charge in [0.2, 0.25) is 0 Å². The number of nitrogens with one attached hydrogen (secondary N) is 1. The van der Waals surface area contributed by atoms with Crippen molar-refractivity contribution in [3.05, 3.63) is 36.0 Å². The molecule has 0 radical (unpaired) electrons. The van der Waals surface area contributed by atoms with Crippen LogP contribution >= 0.6 is 0 Å². The topological polar surface area (TPSA) is 82.6 Å². The number of rotatable bonds is 3. The number of aliphatic carboxylic acids is 1. The Balaban J connectivity index is 1.56. The lowest BCUT2D eigenvalue weighted by Crippen LogP contribution is -2.44. The summed E-state index contributed by atoms with van der Waals surface area (Å²) in [5, 5.41) is 10.2. The van der Waals surface area contributed by atoms with Gasteiger partial charge < -0.3 is 19.7 Å². The van der Waals surface area contributed by atoms with Gasteiger partial charge in [0.15, 0.2) is 6.10 Å². The molecule has 2 aliphatic heterocycles. The van der Waals surface area contributed by atoms with Gasteiger partial charge in [-0.2, -0.15) is 0 Å². The van der Waals surface area contributed by atoms with Crippen molar-refractivity contribution in [1.29, 1.82) is 0 Å². The molecule has 2 N–H and O–H groups in total. The Labute approximate surface area is 145 Å². The van der Waals surface area contributed by atoms with Gasteiger partial charge in [0.25, 0.3) is 5.91 Å². The zero-order valence-corrected chi connectivity index (χ0v) is 14.0. The number of fused-ring (bicyclic) bond motifs is 1. The van der Waals surface area contributed by atoms with Gasteiger partial charge in [0, 0.05) is 17.8 Å². The number of hydrogen-bond acceptors (Lipinski definition) is 3. The fourth-order valence-electron chi connectivity index (χ4n) is 3.98. The second-order valence-corrected chi connectivity index (χ2v) is 6.88. The molecule has 0 bridgehead atoms. The number of carboxylic acids is 1. The van der Waals surface area contributed by atoms with E-state index in [1.165, 1.54) is 0 Å². The standard InChI is InChI=1S/C19H22N2O4/c22-18(16-8-9-17(25-16)19(23)24)21-10-4-3-7-15(21)14-11-12-5-1-2-6-13(12)20-14/h1-2,5-6,11,15-17,20H,3-4,7-10H2,(H,23,24)/t15?,16-,17+/m0/s1. The van der Waals surface area contributed by atoms with Crippen LogP contribution in [0.5, 0.6) is 0 Å². The maximum absolute atomic E-state index is 13.0. The number of carbonyl (C=O) groups is 2. The van der Waals surface area contributed by atoms with Crippen LogP contribution in [0.4, 0.5) is 0 Å². The molecule has 2 aromatic rings. The normalized spacial score (nSPS) is 26.9. The molecule has 25 heavy (non-hydrogen) atoms. The molecule has 1 unspecified atom stereocenters. The van der Waals surface area contributed by atoms with E-state index in [4.69, 9.17) is 9.84 Å². The van der Waals surface area contributed by atoms with Crippen molar-refractivity contribution in [2.45, 2.75) is 50.4 Å². The monoisotopic (exact) mass is 342 g/mol. The van der Waals surface area contributed by atoms with E-state index < -0.39 is 18.2 Å². The van der Waals surface area contributed by atoms with Gasteiger partial charge in [-0.3, -0.25) is 4.79 Å². The van der Waals surface area contributed by atoms with E-state index >= 15 is 0 Å². The fraction of sp³-hybridized carbons (Fsp3) is 0.474. The Hall–Kier alpha value is -2.34. The first kappa shape index (κ1) is 16.1. The third-order valence-corrected chi connectivity index (χ3v) is 5.27. The molecule has 1 amide bonds. The van der Waals surface area contributed by atoms with E-state index in [1.54, 1.807) is 0 Å². The number of nitrogens with zero attached hydrogens (tertiary/aromatic N) is 1. The molecule has 0 aliphatic carbocycles. The van der Waals surface area contributed by atoms with Crippen molar-refractivity contribution in [2.75, 3.05) is 6.54 Å². The van der Waals surface area contributed by atoms with Gasteiger partial charge in [-0.25, -0.2) is 4.79 Å². The first-order valence-electron chi connectivity index (χ1n) is 8.90. The first-order chi connectivity index (χ1) is 12.1. The number of hydrogen-bond donors (Lipinski definition) is 2. The molecule has 0 spiro atoms. The summed E-state index contributed by atoms with van der Waals surface area (Å²) in [5.74, 6) is -1.06.